The van der Waals surface area contributed by atoms with Crippen molar-refractivity contribution in [2.45, 2.75) is 39.5 Å². The highest BCUT2D eigenvalue weighted by atomic mass is 16.5. The fraction of sp³-hybridized carbons (Fsp3) is 0.538. The van der Waals surface area contributed by atoms with Crippen LogP contribution >= 0.6 is 0 Å². The first kappa shape index (κ1) is 11.9. The number of unbranched alkanes of at least 4 members (excludes halogenated alkanes) is 3. The second-order valence-electron chi connectivity index (χ2n) is 3.83. The van der Waals surface area contributed by atoms with Gasteiger partial charge in [-0.1, -0.05) is 38.3 Å². The molecule has 0 aromatic heterocycles. The summed E-state index contributed by atoms with van der Waals surface area (Å²) in [6.45, 7) is 4.83. The molecule has 0 aliphatic rings. The number of benzene rings is 1. The Balaban J connectivity index is 2.37. The number of hydrogen-bond acceptors (Lipinski definition) is 2. The summed E-state index contributed by atoms with van der Waals surface area (Å²) in [5.41, 5.74) is 0.991. The van der Waals surface area contributed by atoms with Crippen LogP contribution in [0.4, 0.5) is 0 Å². The summed E-state index contributed by atoms with van der Waals surface area (Å²) in [4.78, 5) is 0. The minimum absolute atomic E-state index is 0.241. The Hall–Kier alpha value is -1.18. The first-order valence-corrected chi connectivity index (χ1v) is 5.67. The molecule has 1 N–H and O–H groups in total. The number of phenols is 1. The molecule has 0 atom stereocenters. The predicted molar refractivity (Wildman–Crippen MR) is 62.5 cm³/mol. The van der Waals surface area contributed by atoms with Crippen molar-refractivity contribution in [1.29, 1.82) is 0 Å². The van der Waals surface area contributed by atoms with Gasteiger partial charge in [0.1, 0.15) is 0 Å². The molecule has 0 aliphatic carbocycles. The van der Waals surface area contributed by atoms with Crippen LogP contribution in [0.5, 0.6) is 11.5 Å². The van der Waals surface area contributed by atoms with Crippen LogP contribution in [0.25, 0.3) is 0 Å². The number of aryl methyl sites for hydroxylation is 1. The molecule has 0 fully saturated rings. The standard InChI is InChI=1S/C13H20O2/c1-3-4-5-6-10-15-13-11(2)8-7-9-12(13)14/h7-9,14H,3-6,10H2,1-2H3. The molecule has 0 saturated carbocycles. The van der Waals surface area contributed by atoms with Gasteiger partial charge in [0, 0.05) is 0 Å². The lowest BCUT2D eigenvalue weighted by Gasteiger charge is -2.10. The van der Waals surface area contributed by atoms with Gasteiger partial charge in [-0.15, -0.1) is 0 Å². The molecule has 0 amide bonds. The van der Waals surface area contributed by atoms with Gasteiger partial charge >= 0.3 is 0 Å². The zero-order chi connectivity index (χ0) is 11.1. The first-order chi connectivity index (χ1) is 7.25. The van der Waals surface area contributed by atoms with Gasteiger partial charge in [-0.3, -0.25) is 0 Å². The Bertz CT molecular complexity index is 274. The van der Waals surface area contributed by atoms with Crippen molar-refractivity contribution in [2.24, 2.45) is 0 Å². The molecule has 0 unspecified atom stereocenters. The Morgan fingerprint density at radius 2 is 2.00 bits per heavy atom. The summed E-state index contributed by atoms with van der Waals surface area (Å²) in [6, 6.07) is 5.43. The highest BCUT2D eigenvalue weighted by molar-refractivity contribution is 5.44. The molecule has 1 rings (SSSR count). The highest BCUT2D eigenvalue weighted by Crippen LogP contribution is 2.29. The summed E-state index contributed by atoms with van der Waals surface area (Å²) in [5.74, 6) is 0.875. The lowest BCUT2D eigenvalue weighted by molar-refractivity contribution is 0.287. The zero-order valence-corrected chi connectivity index (χ0v) is 9.62. The minimum atomic E-state index is 0.241. The van der Waals surface area contributed by atoms with E-state index in [1.54, 1.807) is 6.07 Å². The molecule has 84 valence electrons. The van der Waals surface area contributed by atoms with Gasteiger partial charge in [0.2, 0.25) is 0 Å². The lowest BCUT2D eigenvalue weighted by Crippen LogP contribution is -1.99. The minimum Gasteiger partial charge on any atom is -0.504 e. The second-order valence-corrected chi connectivity index (χ2v) is 3.83. The lowest BCUT2D eigenvalue weighted by atomic mass is 10.2. The highest BCUT2D eigenvalue weighted by Gasteiger charge is 2.04. The Morgan fingerprint density at radius 3 is 2.67 bits per heavy atom. The zero-order valence-electron chi connectivity index (χ0n) is 9.62. The van der Waals surface area contributed by atoms with Crippen molar-refractivity contribution in [1.82, 2.24) is 0 Å². The van der Waals surface area contributed by atoms with Crippen molar-refractivity contribution in [3.63, 3.8) is 0 Å². The molecule has 2 nitrogen and oxygen atoms in total. The molecule has 0 heterocycles. The van der Waals surface area contributed by atoms with Crippen molar-refractivity contribution < 1.29 is 9.84 Å². The van der Waals surface area contributed by atoms with Crippen molar-refractivity contribution in [3.8, 4) is 11.5 Å². The molecule has 1 aromatic carbocycles. The third-order valence-corrected chi connectivity index (χ3v) is 2.44. The van der Waals surface area contributed by atoms with Crippen LogP contribution in [0.3, 0.4) is 0 Å². The van der Waals surface area contributed by atoms with Gasteiger partial charge in [0.25, 0.3) is 0 Å². The van der Waals surface area contributed by atoms with E-state index < -0.39 is 0 Å². The Morgan fingerprint density at radius 1 is 1.20 bits per heavy atom. The van der Waals surface area contributed by atoms with Crippen LogP contribution in [0.15, 0.2) is 18.2 Å². The first-order valence-electron chi connectivity index (χ1n) is 5.67. The maximum atomic E-state index is 9.57. The third kappa shape index (κ3) is 3.82. The van der Waals surface area contributed by atoms with Crippen molar-refractivity contribution in [3.05, 3.63) is 23.8 Å². The van der Waals surface area contributed by atoms with Crippen LogP contribution < -0.4 is 4.74 Å². The van der Waals surface area contributed by atoms with E-state index in [0.29, 0.717) is 12.4 Å². The summed E-state index contributed by atoms with van der Waals surface area (Å²) in [5, 5.41) is 9.57. The van der Waals surface area contributed by atoms with Crippen molar-refractivity contribution in [2.75, 3.05) is 6.61 Å². The molecule has 15 heavy (non-hydrogen) atoms. The normalized spacial score (nSPS) is 10.3. The van der Waals surface area contributed by atoms with Gasteiger partial charge < -0.3 is 9.84 Å². The van der Waals surface area contributed by atoms with Crippen LogP contribution in [-0.2, 0) is 0 Å². The number of para-hydroxylation sites is 1. The predicted octanol–water partition coefficient (Wildman–Crippen LogP) is 3.66. The average molecular weight is 208 g/mol. The van der Waals surface area contributed by atoms with E-state index in [9.17, 15) is 5.11 Å². The molecule has 1 aromatic rings. The Labute approximate surface area is 91.9 Å². The maximum absolute atomic E-state index is 9.57. The van der Waals surface area contributed by atoms with E-state index >= 15 is 0 Å². The SMILES string of the molecule is CCCCCCOc1c(C)cccc1O. The number of aromatic hydroxyl groups is 1. The molecule has 0 saturated heterocycles. The number of rotatable bonds is 6. The van der Waals surface area contributed by atoms with Gasteiger partial charge in [-0.2, -0.15) is 0 Å². The third-order valence-electron chi connectivity index (χ3n) is 2.44. The summed E-state index contributed by atoms with van der Waals surface area (Å²) in [7, 11) is 0. The molecular weight excluding hydrogens is 188 g/mol. The largest absolute Gasteiger partial charge is 0.504 e. The number of ether oxygens (including phenoxy) is 1. The van der Waals surface area contributed by atoms with E-state index in [2.05, 4.69) is 6.92 Å². The molecular formula is C13H20O2. The van der Waals surface area contributed by atoms with E-state index in [-0.39, 0.29) is 5.75 Å². The molecule has 0 spiro atoms. The van der Waals surface area contributed by atoms with E-state index in [4.69, 9.17) is 4.74 Å². The van der Waals surface area contributed by atoms with Gasteiger partial charge in [0.15, 0.2) is 11.5 Å². The molecule has 2 heteroatoms. The molecule has 0 radical (unpaired) electrons. The average Bonchev–Trinajstić information content (AvgIpc) is 2.21. The second kappa shape index (κ2) is 6.33. The van der Waals surface area contributed by atoms with Crippen LogP contribution in [0, 0.1) is 6.92 Å². The van der Waals surface area contributed by atoms with Gasteiger partial charge in [0.05, 0.1) is 6.61 Å². The van der Waals surface area contributed by atoms with Gasteiger partial charge in [-0.25, -0.2) is 0 Å². The number of phenolic OH excluding ortho intramolecular Hbond substituents is 1. The fourth-order valence-electron chi connectivity index (χ4n) is 1.53. The summed E-state index contributed by atoms with van der Waals surface area (Å²) < 4.78 is 5.56. The smallest absolute Gasteiger partial charge is 0.163 e. The molecule has 0 bridgehead atoms. The molecule has 0 aliphatic heterocycles. The van der Waals surface area contributed by atoms with Crippen molar-refractivity contribution >= 4 is 0 Å². The van der Waals surface area contributed by atoms with E-state index in [1.807, 2.05) is 19.1 Å². The fourth-order valence-corrected chi connectivity index (χ4v) is 1.53. The van der Waals surface area contributed by atoms with E-state index in [0.717, 1.165) is 12.0 Å². The van der Waals surface area contributed by atoms with Crippen LogP contribution in [0.2, 0.25) is 0 Å². The monoisotopic (exact) mass is 208 g/mol. The summed E-state index contributed by atoms with van der Waals surface area (Å²) in [6.07, 6.45) is 4.74. The maximum Gasteiger partial charge on any atom is 0.163 e. The van der Waals surface area contributed by atoms with Gasteiger partial charge in [-0.05, 0) is 25.0 Å². The summed E-state index contributed by atoms with van der Waals surface area (Å²) >= 11 is 0. The van der Waals surface area contributed by atoms with Crippen LogP contribution in [-0.4, -0.2) is 11.7 Å². The Kier molecular flexibility index (Phi) is 5.02. The topological polar surface area (TPSA) is 29.5 Å². The number of hydrogen-bond donors (Lipinski definition) is 1. The van der Waals surface area contributed by atoms with E-state index in [1.165, 1.54) is 19.3 Å². The van der Waals surface area contributed by atoms with Crippen LogP contribution in [0.1, 0.15) is 38.2 Å². The quantitative estimate of drug-likeness (QED) is 0.723.